The molecule has 0 unspecified atom stereocenters. The van der Waals surface area contributed by atoms with E-state index in [-0.39, 0.29) is 11.7 Å². The lowest BCUT2D eigenvalue weighted by atomic mass is 9.84. The average molecular weight is 337 g/mol. The number of aryl methyl sites for hydroxylation is 1. The van der Waals surface area contributed by atoms with Crippen LogP contribution in [0.3, 0.4) is 0 Å². The third-order valence-corrected chi connectivity index (χ3v) is 5.15. The van der Waals surface area contributed by atoms with Gasteiger partial charge in [0.1, 0.15) is 5.75 Å². The van der Waals surface area contributed by atoms with Crippen molar-refractivity contribution in [2.24, 2.45) is 0 Å². The van der Waals surface area contributed by atoms with E-state index in [0.29, 0.717) is 6.54 Å². The summed E-state index contributed by atoms with van der Waals surface area (Å²) in [4.78, 5) is 15.0. The molecule has 3 nitrogen and oxygen atoms in total. The van der Waals surface area contributed by atoms with Crippen LogP contribution in [0.25, 0.3) is 0 Å². The van der Waals surface area contributed by atoms with Gasteiger partial charge < -0.3 is 10.0 Å². The predicted molar refractivity (Wildman–Crippen MR) is 102 cm³/mol. The highest BCUT2D eigenvalue weighted by molar-refractivity contribution is 6.09. The van der Waals surface area contributed by atoms with Crippen molar-refractivity contribution in [3.63, 3.8) is 0 Å². The Bertz CT molecular complexity index is 765. The third-order valence-electron chi connectivity index (χ3n) is 5.15. The lowest BCUT2D eigenvalue weighted by Gasteiger charge is -2.22. The number of carbonyl (C=O) groups is 1. The minimum absolute atomic E-state index is 0.0598. The van der Waals surface area contributed by atoms with Gasteiger partial charge in [-0.3, -0.25) is 4.79 Å². The molecule has 3 heteroatoms. The van der Waals surface area contributed by atoms with Crippen LogP contribution in [0.2, 0.25) is 0 Å². The summed E-state index contributed by atoms with van der Waals surface area (Å²) < 4.78 is 0. The van der Waals surface area contributed by atoms with Crippen molar-refractivity contribution in [2.75, 3.05) is 4.90 Å². The van der Waals surface area contributed by atoms with E-state index in [0.717, 1.165) is 35.2 Å². The maximum absolute atomic E-state index is 13.1. The first-order chi connectivity index (χ1) is 12.0. The van der Waals surface area contributed by atoms with E-state index in [9.17, 15) is 9.90 Å². The largest absolute Gasteiger partial charge is 0.508 e. The lowest BCUT2D eigenvalue weighted by molar-refractivity contribution is -0.122. The molecular weight excluding hydrogens is 310 g/mol. The Morgan fingerprint density at radius 2 is 1.76 bits per heavy atom. The van der Waals surface area contributed by atoms with Crippen molar-refractivity contribution in [3.05, 3.63) is 59.2 Å². The molecule has 1 heterocycles. The number of rotatable bonds is 6. The number of fused-ring (bicyclic) bond motifs is 1. The Morgan fingerprint density at radius 1 is 1.04 bits per heavy atom. The number of aromatic hydroxyl groups is 1. The fraction of sp³-hybridized carbons (Fsp3) is 0.409. The molecule has 0 bridgehead atoms. The highest BCUT2D eigenvalue weighted by Gasteiger charge is 2.46. The second kappa shape index (κ2) is 6.91. The highest BCUT2D eigenvalue weighted by atomic mass is 16.3. The molecule has 0 saturated carbocycles. The molecular formula is C22H27NO2. The summed E-state index contributed by atoms with van der Waals surface area (Å²) in [5.41, 5.74) is 3.27. The maximum Gasteiger partial charge on any atom is 0.237 e. The Morgan fingerprint density at radius 3 is 2.44 bits per heavy atom. The van der Waals surface area contributed by atoms with Gasteiger partial charge in [0.25, 0.3) is 0 Å². The minimum Gasteiger partial charge on any atom is -0.508 e. The lowest BCUT2D eigenvalue weighted by Crippen LogP contribution is -2.35. The molecule has 0 aromatic heterocycles. The van der Waals surface area contributed by atoms with Crippen molar-refractivity contribution in [1.29, 1.82) is 0 Å². The van der Waals surface area contributed by atoms with E-state index in [1.807, 2.05) is 55.1 Å². The number of nitrogens with zero attached hydrogens (tertiary/aromatic N) is 1. The van der Waals surface area contributed by atoms with Crippen LogP contribution in [0.1, 0.15) is 56.7 Å². The molecule has 1 aliphatic heterocycles. The zero-order valence-electron chi connectivity index (χ0n) is 15.4. The number of hydrogen-bond donors (Lipinski definition) is 1. The second-order valence-corrected chi connectivity index (χ2v) is 7.43. The zero-order valence-corrected chi connectivity index (χ0v) is 15.4. The second-order valence-electron chi connectivity index (χ2n) is 7.43. The Hall–Kier alpha value is -2.29. The maximum atomic E-state index is 13.1. The molecule has 2 aromatic rings. The number of unbranched alkanes of at least 4 members (excludes halogenated alkanes) is 2. The van der Waals surface area contributed by atoms with Gasteiger partial charge in [0.15, 0.2) is 0 Å². The van der Waals surface area contributed by atoms with Crippen LogP contribution in [0, 0.1) is 0 Å². The van der Waals surface area contributed by atoms with E-state index in [4.69, 9.17) is 0 Å². The Labute approximate surface area is 150 Å². The zero-order chi connectivity index (χ0) is 18.0. The van der Waals surface area contributed by atoms with Gasteiger partial charge in [0.05, 0.1) is 17.6 Å². The fourth-order valence-electron chi connectivity index (χ4n) is 3.78. The van der Waals surface area contributed by atoms with Crippen molar-refractivity contribution >= 4 is 11.6 Å². The molecule has 1 amide bonds. The Kier molecular flexibility index (Phi) is 4.85. The van der Waals surface area contributed by atoms with Crippen molar-refractivity contribution in [3.8, 4) is 5.75 Å². The monoisotopic (exact) mass is 337 g/mol. The van der Waals surface area contributed by atoms with Gasteiger partial charge in [-0.2, -0.15) is 0 Å². The highest BCUT2D eigenvalue weighted by Crippen LogP contribution is 2.48. The van der Waals surface area contributed by atoms with Crippen LogP contribution in [0.4, 0.5) is 5.69 Å². The molecule has 0 saturated heterocycles. The first kappa shape index (κ1) is 17.5. The molecule has 0 atom stereocenters. The molecule has 0 aliphatic carbocycles. The number of amides is 1. The normalized spacial score (nSPS) is 15.5. The first-order valence-electron chi connectivity index (χ1n) is 9.18. The first-order valence-corrected chi connectivity index (χ1v) is 9.18. The summed E-state index contributed by atoms with van der Waals surface area (Å²) in [5.74, 6) is 0.285. The summed E-state index contributed by atoms with van der Waals surface area (Å²) in [7, 11) is 0. The molecule has 0 radical (unpaired) electrons. The predicted octanol–water partition coefficient (Wildman–Crippen LogP) is 4.95. The standard InChI is InChI=1S/C22H27NO2/c1-4-5-7-12-17-13-14-18(24)19-20(17)23(21(25)22(19,2)3)15-16-10-8-6-9-11-16/h6,8-11,13-14,24H,4-5,7,12,15H2,1-3H3. The van der Waals surface area contributed by atoms with E-state index < -0.39 is 5.41 Å². The molecule has 1 N–H and O–H groups in total. The van der Waals surface area contributed by atoms with Gasteiger partial charge in [-0.1, -0.05) is 56.2 Å². The molecule has 2 aromatic carbocycles. The summed E-state index contributed by atoms with van der Waals surface area (Å²) >= 11 is 0. The number of benzene rings is 2. The molecule has 1 aliphatic rings. The fourth-order valence-corrected chi connectivity index (χ4v) is 3.78. The van der Waals surface area contributed by atoms with Crippen molar-refractivity contribution in [1.82, 2.24) is 0 Å². The van der Waals surface area contributed by atoms with Crippen molar-refractivity contribution in [2.45, 2.75) is 58.4 Å². The van der Waals surface area contributed by atoms with Crippen LogP contribution in [0.15, 0.2) is 42.5 Å². The summed E-state index contributed by atoms with van der Waals surface area (Å²) in [5, 5.41) is 10.5. The SMILES string of the molecule is CCCCCc1ccc(O)c2c1N(Cc1ccccc1)C(=O)C2(C)C. The van der Waals surface area contributed by atoms with Gasteiger partial charge in [-0.15, -0.1) is 0 Å². The van der Waals surface area contributed by atoms with Crippen LogP contribution >= 0.6 is 0 Å². The van der Waals surface area contributed by atoms with Gasteiger partial charge in [-0.05, 0) is 43.9 Å². The van der Waals surface area contributed by atoms with Crippen molar-refractivity contribution < 1.29 is 9.90 Å². The van der Waals surface area contributed by atoms with E-state index in [1.54, 1.807) is 6.07 Å². The number of phenols is 1. The molecule has 132 valence electrons. The molecule has 0 fully saturated rings. The van der Waals surface area contributed by atoms with E-state index >= 15 is 0 Å². The van der Waals surface area contributed by atoms with Crippen LogP contribution in [-0.2, 0) is 23.2 Å². The summed E-state index contributed by atoms with van der Waals surface area (Å²) in [6.07, 6.45) is 4.37. The van der Waals surface area contributed by atoms with Crippen LogP contribution in [-0.4, -0.2) is 11.0 Å². The quantitative estimate of drug-likeness (QED) is 0.758. The van der Waals surface area contributed by atoms with Crippen LogP contribution in [0.5, 0.6) is 5.75 Å². The van der Waals surface area contributed by atoms with Gasteiger partial charge in [0, 0.05) is 5.56 Å². The van der Waals surface area contributed by atoms with Gasteiger partial charge in [0.2, 0.25) is 5.91 Å². The van der Waals surface area contributed by atoms with Gasteiger partial charge in [-0.25, -0.2) is 0 Å². The number of hydrogen-bond acceptors (Lipinski definition) is 2. The smallest absolute Gasteiger partial charge is 0.237 e. The number of carbonyl (C=O) groups excluding carboxylic acids is 1. The summed E-state index contributed by atoms with van der Waals surface area (Å²) in [6, 6.07) is 13.8. The molecule has 25 heavy (non-hydrogen) atoms. The minimum atomic E-state index is -0.699. The molecule has 0 spiro atoms. The topological polar surface area (TPSA) is 40.5 Å². The van der Waals surface area contributed by atoms with E-state index in [1.165, 1.54) is 12.8 Å². The van der Waals surface area contributed by atoms with Gasteiger partial charge >= 0.3 is 0 Å². The summed E-state index contributed by atoms with van der Waals surface area (Å²) in [6.45, 7) is 6.55. The van der Waals surface area contributed by atoms with E-state index in [2.05, 4.69) is 6.92 Å². The van der Waals surface area contributed by atoms with Crippen LogP contribution < -0.4 is 4.90 Å². The number of phenolic OH excluding ortho intramolecular Hbond substituents is 1. The molecule has 3 rings (SSSR count). The number of anilines is 1. The third kappa shape index (κ3) is 3.15. The average Bonchev–Trinajstić information content (AvgIpc) is 2.80. The Balaban J connectivity index is 2.05.